The summed E-state index contributed by atoms with van der Waals surface area (Å²) in [5.41, 5.74) is 1.63. The minimum Gasteiger partial charge on any atom is -0.497 e. The molecule has 180 valence electrons. The molecule has 0 spiro atoms. The van der Waals surface area contributed by atoms with Gasteiger partial charge < -0.3 is 14.4 Å². The number of carbonyl (C=O) groups excluding carboxylic acids is 1. The smallest absolute Gasteiger partial charge is 0.266 e. The normalized spacial score (nSPS) is 11.9. The van der Waals surface area contributed by atoms with Crippen molar-refractivity contribution in [3.05, 3.63) is 101 Å². The van der Waals surface area contributed by atoms with E-state index in [0.717, 1.165) is 0 Å². The third kappa shape index (κ3) is 4.95. The van der Waals surface area contributed by atoms with Crippen molar-refractivity contribution in [2.45, 2.75) is 19.4 Å². The summed E-state index contributed by atoms with van der Waals surface area (Å²) in [6.45, 7) is 2.70. The lowest BCUT2D eigenvalue weighted by Crippen LogP contribution is -2.40. The van der Waals surface area contributed by atoms with Gasteiger partial charge in [0.1, 0.15) is 11.6 Å². The monoisotopic (exact) mass is 471 g/mol. The molecule has 1 unspecified atom stereocenters. The zero-order chi connectivity index (χ0) is 24.8. The maximum atomic E-state index is 13.8. The van der Waals surface area contributed by atoms with Crippen LogP contribution < -0.4 is 10.3 Å². The Labute approximate surface area is 204 Å². The van der Waals surface area contributed by atoms with Crippen LogP contribution in [0.5, 0.6) is 5.75 Å². The fraction of sp³-hybridized carbons (Fsp3) is 0.250. The molecule has 4 rings (SSSR count). The van der Waals surface area contributed by atoms with Gasteiger partial charge in [0.2, 0.25) is 0 Å². The number of hydrogen-bond donors (Lipinski definition) is 0. The van der Waals surface area contributed by atoms with Gasteiger partial charge in [-0.2, -0.15) is 0 Å². The molecule has 0 N–H and O–H groups in total. The zero-order valence-corrected chi connectivity index (χ0v) is 20.2. The highest BCUT2D eigenvalue weighted by Crippen LogP contribution is 2.28. The van der Waals surface area contributed by atoms with Crippen molar-refractivity contribution in [3.8, 4) is 11.4 Å². The Morgan fingerprint density at radius 1 is 0.971 bits per heavy atom. The number of rotatable bonds is 9. The lowest BCUT2D eigenvalue weighted by Gasteiger charge is -2.32. The fourth-order valence-corrected chi connectivity index (χ4v) is 4.23. The number of para-hydroxylation sites is 1. The highest BCUT2D eigenvalue weighted by molar-refractivity contribution is 5.94. The molecule has 3 aromatic carbocycles. The molecular weight excluding hydrogens is 442 g/mol. The van der Waals surface area contributed by atoms with Crippen LogP contribution in [-0.2, 0) is 4.74 Å². The van der Waals surface area contributed by atoms with Crippen LogP contribution in [0.25, 0.3) is 16.6 Å². The Kier molecular flexibility index (Phi) is 7.57. The maximum absolute atomic E-state index is 13.8. The molecule has 1 heterocycles. The Morgan fingerprint density at radius 2 is 1.66 bits per heavy atom. The van der Waals surface area contributed by atoms with E-state index in [1.165, 1.54) is 0 Å². The van der Waals surface area contributed by atoms with Crippen LogP contribution in [0, 0.1) is 0 Å². The fourth-order valence-electron chi connectivity index (χ4n) is 4.23. The zero-order valence-electron chi connectivity index (χ0n) is 20.2. The summed E-state index contributed by atoms with van der Waals surface area (Å²) in [6, 6.07) is 23.2. The molecule has 0 saturated carbocycles. The Balaban J connectivity index is 1.93. The van der Waals surface area contributed by atoms with Crippen molar-refractivity contribution < 1.29 is 14.3 Å². The van der Waals surface area contributed by atoms with Crippen LogP contribution in [0.3, 0.4) is 0 Å². The van der Waals surface area contributed by atoms with E-state index in [1.54, 1.807) is 54.0 Å². The van der Waals surface area contributed by atoms with Crippen LogP contribution in [0.4, 0.5) is 0 Å². The predicted octanol–water partition coefficient (Wildman–Crippen LogP) is 4.63. The average Bonchev–Trinajstić information content (AvgIpc) is 2.91. The maximum Gasteiger partial charge on any atom is 0.266 e. The standard InChI is InChI=1S/C28H29N3O4/c1-4-25(30(18-19-34-2)27(32)20-10-6-5-7-11-20)26-29-24-13-9-8-12-23(24)28(33)31(26)21-14-16-22(35-3)17-15-21/h5-17,25H,4,18-19H2,1-3H3. The second-order valence-corrected chi connectivity index (χ2v) is 8.11. The molecule has 0 saturated heterocycles. The van der Waals surface area contributed by atoms with E-state index in [0.29, 0.717) is 53.3 Å². The van der Waals surface area contributed by atoms with Gasteiger partial charge >= 0.3 is 0 Å². The number of carbonyl (C=O) groups is 1. The highest BCUT2D eigenvalue weighted by Gasteiger charge is 2.29. The Morgan fingerprint density at radius 3 is 2.31 bits per heavy atom. The summed E-state index contributed by atoms with van der Waals surface area (Å²) in [4.78, 5) is 34.1. The molecule has 1 atom stereocenters. The first-order valence-electron chi connectivity index (χ1n) is 11.6. The topological polar surface area (TPSA) is 73.7 Å². The van der Waals surface area contributed by atoms with Gasteiger partial charge in [0.05, 0.1) is 36.3 Å². The average molecular weight is 472 g/mol. The second kappa shape index (κ2) is 11.0. The summed E-state index contributed by atoms with van der Waals surface area (Å²) in [7, 11) is 3.20. The second-order valence-electron chi connectivity index (χ2n) is 8.11. The van der Waals surface area contributed by atoms with Gasteiger partial charge in [0.25, 0.3) is 11.5 Å². The van der Waals surface area contributed by atoms with Crippen molar-refractivity contribution in [1.82, 2.24) is 14.5 Å². The van der Waals surface area contributed by atoms with E-state index in [2.05, 4.69) is 0 Å². The highest BCUT2D eigenvalue weighted by atomic mass is 16.5. The third-order valence-electron chi connectivity index (χ3n) is 6.01. The number of nitrogens with zero attached hydrogens (tertiary/aromatic N) is 3. The lowest BCUT2D eigenvalue weighted by molar-refractivity contribution is 0.0579. The molecule has 0 aliphatic carbocycles. The van der Waals surface area contributed by atoms with Gasteiger partial charge in [-0.3, -0.25) is 14.2 Å². The molecule has 0 bridgehead atoms. The number of benzene rings is 3. The molecule has 1 aromatic heterocycles. The summed E-state index contributed by atoms with van der Waals surface area (Å²) in [6.07, 6.45) is 0.559. The third-order valence-corrected chi connectivity index (χ3v) is 6.01. The molecular formula is C28H29N3O4. The quantitative estimate of drug-likeness (QED) is 0.356. The van der Waals surface area contributed by atoms with Crippen LogP contribution in [0.2, 0.25) is 0 Å². The minimum absolute atomic E-state index is 0.141. The van der Waals surface area contributed by atoms with Crippen molar-refractivity contribution in [2.75, 3.05) is 27.4 Å². The van der Waals surface area contributed by atoms with Crippen LogP contribution in [-0.4, -0.2) is 47.7 Å². The van der Waals surface area contributed by atoms with Crippen LogP contribution in [0.1, 0.15) is 35.6 Å². The molecule has 4 aromatic rings. The molecule has 0 fully saturated rings. The summed E-state index contributed by atoms with van der Waals surface area (Å²) in [5, 5.41) is 0.514. The number of ether oxygens (including phenoxy) is 2. The predicted molar refractivity (Wildman–Crippen MR) is 136 cm³/mol. The van der Waals surface area contributed by atoms with Crippen LogP contribution in [0.15, 0.2) is 83.7 Å². The molecule has 1 amide bonds. The summed E-state index contributed by atoms with van der Waals surface area (Å²) in [5.74, 6) is 1.05. The summed E-state index contributed by atoms with van der Waals surface area (Å²) >= 11 is 0. The Bertz CT molecular complexity index is 1350. The molecule has 35 heavy (non-hydrogen) atoms. The molecule has 0 aliphatic heterocycles. The van der Waals surface area contributed by atoms with Crippen molar-refractivity contribution in [3.63, 3.8) is 0 Å². The largest absolute Gasteiger partial charge is 0.497 e. The van der Waals surface area contributed by atoms with E-state index in [9.17, 15) is 9.59 Å². The van der Waals surface area contributed by atoms with Crippen molar-refractivity contribution in [2.24, 2.45) is 0 Å². The van der Waals surface area contributed by atoms with Gasteiger partial charge in [0, 0.05) is 19.2 Å². The van der Waals surface area contributed by atoms with Gasteiger partial charge in [-0.25, -0.2) is 4.98 Å². The van der Waals surface area contributed by atoms with E-state index < -0.39 is 6.04 Å². The van der Waals surface area contributed by atoms with Crippen LogP contribution >= 0.6 is 0 Å². The number of aromatic nitrogens is 2. The first-order chi connectivity index (χ1) is 17.1. The SMILES string of the molecule is CCC(c1nc2ccccc2c(=O)n1-c1ccc(OC)cc1)N(CCOC)C(=O)c1ccccc1. The molecule has 7 nitrogen and oxygen atoms in total. The number of amides is 1. The number of methoxy groups -OCH3 is 2. The minimum atomic E-state index is -0.461. The lowest BCUT2D eigenvalue weighted by atomic mass is 10.1. The molecule has 0 radical (unpaired) electrons. The number of fused-ring (bicyclic) bond motifs is 1. The van der Waals surface area contributed by atoms with Gasteiger partial charge in [-0.1, -0.05) is 37.3 Å². The van der Waals surface area contributed by atoms with Crippen molar-refractivity contribution in [1.29, 1.82) is 0 Å². The summed E-state index contributed by atoms with van der Waals surface area (Å²) < 4.78 is 12.2. The van der Waals surface area contributed by atoms with Crippen molar-refractivity contribution >= 4 is 16.8 Å². The first kappa shape index (κ1) is 24.2. The van der Waals surface area contributed by atoms with E-state index in [4.69, 9.17) is 14.5 Å². The molecule has 7 heteroatoms. The van der Waals surface area contributed by atoms with Gasteiger partial charge in [0.15, 0.2) is 0 Å². The van der Waals surface area contributed by atoms with E-state index in [-0.39, 0.29) is 11.5 Å². The van der Waals surface area contributed by atoms with Gasteiger partial charge in [-0.15, -0.1) is 0 Å². The van der Waals surface area contributed by atoms with E-state index >= 15 is 0 Å². The number of hydrogen-bond acceptors (Lipinski definition) is 5. The first-order valence-corrected chi connectivity index (χ1v) is 11.6. The van der Waals surface area contributed by atoms with E-state index in [1.807, 2.05) is 55.5 Å². The van der Waals surface area contributed by atoms with Gasteiger partial charge in [-0.05, 0) is 55.0 Å². The molecule has 0 aliphatic rings. The Hall–Kier alpha value is -3.97.